The van der Waals surface area contributed by atoms with Crippen molar-refractivity contribution in [1.29, 1.82) is 0 Å². The summed E-state index contributed by atoms with van der Waals surface area (Å²) >= 11 is 0. The van der Waals surface area contributed by atoms with Gasteiger partial charge in [0.2, 0.25) is 8.07 Å². The van der Waals surface area contributed by atoms with Gasteiger partial charge in [0.25, 0.3) is 0 Å². The Morgan fingerprint density at radius 2 is 1.42 bits per heavy atom. The standard InChI is InChI=1S/C18H18Si/c1-3-15-19(16-4-2,17-11-7-5-8-12-17)18-13-9-6-10-14-18/h3,5-14H,1,15H2,2H3. The molecule has 0 aliphatic rings. The summed E-state index contributed by atoms with van der Waals surface area (Å²) in [6.07, 6.45) is 2.01. The Hall–Kier alpha value is -2.04. The Morgan fingerprint density at radius 3 is 1.79 bits per heavy atom. The fourth-order valence-electron chi connectivity index (χ4n) is 2.47. The van der Waals surface area contributed by atoms with Gasteiger partial charge in [0, 0.05) is 0 Å². The third-order valence-corrected chi connectivity index (χ3v) is 7.54. The molecule has 19 heavy (non-hydrogen) atoms. The highest BCUT2D eigenvalue weighted by atomic mass is 28.3. The number of hydrogen-bond acceptors (Lipinski definition) is 0. The van der Waals surface area contributed by atoms with E-state index in [0.717, 1.165) is 6.04 Å². The molecule has 0 atom stereocenters. The zero-order valence-corrected chi connectivity index (χ0v) is 12.3. The summed E-state index contributed by atoms with van der Waals surface area (Å²) in [6, 6.07) is 22.3. The second-order valence-corrected chi connectivity index (χ2v) is 8.13. The molecule has 2 rings (SSSR count). The highest BCUT2D eigenvalue weighted by molar-refractivity contribution is 7.08. The van der Waals surface area contributed by atoms with Gasteiger partial charge < -0.3 is 0 Å². The second-order valence-electron chi connectivity index (χ2n) is 4.51. The minimum absolute atomic E-state index is 0.946. The van der Waals surface area contributed by atoms with Gasteiger partial charge in [-0.15, -0.1) is 18.0 Å². The molecule has 0 amide bonds. The lowest BCUT2D eigenvalue weighted by Crippen LogP contribution is -2.57. The maximum Gasteiger partial charge on any atom is 0.202 e. The summed E-state index contributed by atoms with van der Waals surface area (Å²) in [4.78, 5) is 0. The van der Waals surface area contributed by atoms with E-state index in [1.54, 1.807) is 0 Å². The first-order valence-corrected chi connectivity index (χ1v) is 8.70. The van der Waals surface area contributed by atoms with Crippen LogP contribution in [0.15, 0.2) is 73.3 Å². The predicted molar refractivity (Wildman–Crippen MR) is 86.4 cm³/mol. The van der Waals surface area contributed by atoms with Crippen molar-refractivity contribution in [2.45, 2.75) is 13.0 Å². The average Bonchev–Trinajstić information content (AvgIpc) is 2.49. The smallest absolute Gasteiger partial charge is 0.120 e. The summed E-state index contributed by atoms with van der Waals surface area (Å²) in [5, 5.41) is 2.71. The highest BCUT2D eigenvalue weighted by Gasteiger charge is 2.34. The zero-order chi connectivity index (χ0) is 13.6. The SMILES string of the molecule is C=CC[Si](C#CC)(c1ccccc1)c1ccccc1. The van der Waals surface area contributed by atoms with E-state index in [4.69, 9.17) is 0 Å². The molecule has 0 aromatic heterocycles. The first kappa shape index (κ1) is 13.4. The summed E-state index contributed by atoms with van der Waals surface area (Å²) in [5.74, 6) is 3.15. The van der Waals surface area contributed by atoms with E-state index >= 15 is 0 Å². The minimum atomic E-state index is -2.03. The zero-order valence-electron chi connectivity index (χ0n) is 11.3. The van der Waals surface area contributed by atoms with Crippen molar-refractivity contribution in [2.75, 3.05) is 0 Å². The van der Waals surface area contributed by atoms with E-state index in [2.05, 4.69) is 78.7 Å². The summed E-state index contributed by atoms with van der Waals surface area (Å²) in [5.41, 5.74) is 3.55. The number of allylic oxidation sites excluding steroid dienone is 1. The first-order chi connectivity index (χ1) is 9.33. The number of hydrogen-bond donors (Lipinski definition) is 0. The van der Waals surface area contributed by atoms with Gasteiger partial charge in [-0.2, -0.15) is 0 Å². The van der Waals surface area contributed by atoms with E-state index in [9.17, 15) is 0 Å². The fraction of sp³-hybridized carbons (Fsp3) is 0.111. The minimum Gasteiger partial charge on any atom is -0.120 e. The Balaban J connectivity index is 2.66. The molecule has 2 aromatic carbocycles. The van der Waals surface area contributed by atoms with Crippen LogP contribution in [0.5, 0.6) is 0 Å². The fourth-order valence-corrected chi connectivity index (χ4v) is 6.05. The molecule has 94 valence electrons. The van der Waals surface area contributed by atoms with Gasteiger partial charge in [0.05, 0.1) is 0 Å². The van der Waals surface area contributed by atoms with Crippen LogP contribution in [0.1, 0.15) is 6.92 Å². The van der Waals surface area contributed by atoms with Gasteiger partial charge in [-0.1, -0.05) is 66.7 Å². The van der Waals surface area contributed by atoms with Crippen molar-refractivity contribution in [3.8, 4) is 11.5 Å². The van der Waals surface area contributed by atoms with Crippen LogP contribution in [0.25, 0.3) is 0 Å². The lowest BCUT2D eigenvalue weighted by Gasteiger charge is -2.26. The van der Waals surface area contributed by atoms with E-state index in [0.29, 0.717) is 0 Å². The molecule has 0 aliphatic heterocycles. The van der Waals surface area contributed by atoms with Crippen molar-refractivity contribution >= 4 is 18.4 Å². The lowest BCUT2D eigenvalue weighted by atomic mass is 10.4. The maximum absolute atomic E-state index is 3.95. The lowest BCUT2D eigenvalue weighted by molar-refractivity contribution is 1.60. The maximum atomic E-state index is 3.95. The molecule has 2 aromatic rings. The first-order valence-electron chi connectivity index (χ1n) is 6.49. The van der Waals surface area contributed by atoms with E-state index in [1.165, 1.54) is 10.4 Å². The van der Waals surface area contributed by atoms with Crippen molar-refractivity contribution < 1.29 is 0 Å². The van der Waals surface area contributed by atoms with Crippen LogP contribution in [0.3, 0.4) is 0 Å². The van der Waals surface area contributed by atoms with Crippen LogP contribution < -0.4 is 10.4 Å². The molecule has 0 N–H and O–H groups in total. The molecule has 0 fully saturated rings. The monoisotopic (exact) mass is 262 g/mol. The van der Waals surface area contributed by atoms with Crippen LogP contribution in [0.2, 0.25) is 6.04 Å². The molecule has 0 spiro atoms. The van der Waals surface area contributed by atoms with Gasteiger partial charge in [0.1, 0.15) is 0 Å². The van der Waals surface area contributed by atoms with E-state index in [1.807, 2.05) is 13.0 Å². The molecule has 0 unspecified atom stereocenters. The summed E-state index contributed by atoms with van der Waals surface area (Å²) in [7, 11) is -2.03. The van der Waals surface area contributed by atoms with Crippen LogP contribution in [-0.2, 0) is 0 Å². The number of rotatable bonds is 4. The Labute approximate surface area is 116 Å². The van der Waals surface area contributed by atoms with Gasteiger partial charge in [0.15, 0.2) is 0 Å². The predicted octanol–water partition coefficient (Wildman–Crippen LogP) is 3.00. The van der Waals surface area contributed by atoms with E-state index < -0.39 is 8.07 Å². The molecular formula is C18H18Si. The van der Waals surface area contributed by atoms with Gasteiger partial charge in [-0.05, 0) is 23.3 Å². The second kappa shape index (κ2) is 6.22. The molecule has 0 heterocycles. The van der Waals surface area contributed by atoms with Crippen molar-refractivity contribution in [2.24, 2.45) is 0 Å². The molecular weight excluding hydrogens is 244 g/mol. The number of benzene rings is 2. The quantitative estimate of drug-likeness (QED) is 0.451. The van der Waals surface area contributed by atoms with E-state index in [-0.39, 0.29) is 0 Å². The van der Waals surface area contributed by atoms with Crippen LogP contribution >= 0.6 is 0 Å². The van der Waals surface area contributed by atoms with Crippen LogP contribution in [0.4, 0.5) is 0 Å². The highest BCUT2D eigenvalue weighted by Crippen LogP contribution is 2.11. The normalized spacial score (nSPS) is 10.4. The molecule has 1 heteroatoms. The Bertz CT molecular complexity index is 548. The molecule has 0 radical (unpaired) electrons. The van der Waals surface area contributed by atoms with Crippen molar-refractivity contribution in [3.63, 3.8) is 0 Å². The van der Waals surface area contributed by atoms with Gasteiger partial charge >= 0.3 is 0 Å². The van der Waals surface area contributed by atoms with Crippen molar-refractivity contribution in [1.82, 2.24) is 0 Å². The summed E-state index contributed by atoms with van der Waals surface area (Å²) in [6.45, 7) is 5.87. The molecule has 0 bridgehead atoms. The topological polar surface area (TPSA) is 0 Å². The Morgan fingerprint density at radius 1 is 0.947 bits per heavy atom. The van der Waals surface area contributed by atoms with Crippen LogP contribution in [0, 0.1) is 11.5 Å². The third kappa shape index (κ3) is 2.70. The average molecular weight is 262 g/mol. The molecule has 0 saturated heterocycles. The van der Waals surface area contributed by atoms with Crippen LogP contribution in [-0.4, -0.2) is 8.07 Å². The molecule has 0 aliphatic carbocycles. The Kier molecular flexibility index (Phi) is 4.38. The van der Waals surface area contributed by atoms with Crippen molar-refractivity contribution in [3.05, 3.63) is 73.3 Å². The summed E-state index contributed by atoms with van der Waals surface area (Å²) < 4.78 is 0. The molecule has 0 nitrogen and oxygen atoms in total. The third-order valence-electron chi connectivity index (χ3n) is 3.32. The molecule has 0 saturated carbocycles. The van der Waals surface area contributed by atoms with Gasteiger partial charge in [-0.25, -0.2) is 0 Å². The largest absolute Gasteiger partial charge is 0.202 e. The van der Waals surface area contributed by atoms with Gasteiger partial charge in [-0.3, -0.25) is 0 Å².